The maximum atomic E-state index is 3.62. The Kier molecular flexibility index (Phi) is 3.59. The summed E-state index contributed by atoms with van der Waals surface area (Å²) >= 11 is 0. The molecule has 0 radical (unpaired) electrons. The predicted molar refractivity (Wildman–Crippen MR) is 62.5 cm³/mol. The number of piperazine rings is 1. The van der Waals surface area contributed by atoms with Gasteiger partial charge in [0.1, 0.15) is 0 Å². The van der Waals surface area contributed by atoms with Crippen molar-refractivity contribution in [1.29, 1.82) is 0 Å². The molecule has 1 fully saturated rings. The fraction of sp³-hybridized carbons (Fsp3) is 1.00. The second-order valence-corrected chi connectivity index (χ2v) is 6.44. The Morgan fingerprint density at radius 3 is 2.14 bits per heavy atom. The van der Waals surface area contributed by atoms with Crippen LogP contribution in [-0.2, 0) is 0 Å². The Hall–Kier alpha value is -0.0800. The molecule has 1 saturated heterocycles. The van der Waals surface area contributed by atoms with E-state index >= 15 is 0 Å². The maximum absolute atomic E-state index is 3.62. The van der Waals surface area contributed by atoms with Crippen LogP contribution in [0.5, 0.6) is 0 Å². The Labute approximate surface area is 88.8 Å². The molecule has 1 aliphatic rings. The molecular weight excluding hydrogens is 172 g/mol. The van der Waals surface area contributed by atoms with E-state index in [0.717, 1.165) is 19.6 Å². The normalized spacial score (nSPS) is 25.1. The van der Waals surface area contributed by atoms with Gasteiger partial charge in [0, 0.05) is 25.7 Å². The molecule has 2 N–H and O–H groups in total. The van der Waals surface area contributed by atoms with Crippen molar-refractivity contribution in [3.63, 3.8) is 0 Å². The monoisotopic (exact) mass is 198 g/mol. The smallest absolute Gasteiger partial charge is 0.0244 e. The standard InChI is InChI=1S/C12H26N2/c1-11(2,3)9-12(4,5)10-8-13-6-7-14-10/h10,13-14H,6-9H2,1-5H3. The SMILES string of the molecule is CC(C)(C)CC(C)(C)C1CNCCN1. The van der Waals surface area contributed by atoms with Crippen molar-refractivity contribution in [3.05, 3.63) is 0 Å². The summed E-state index contributed by atoms with van der Waals surface area (Å²) in [6.45, 7) is 15.1. The molecule has 1 unspecified atom stereocenters. The second-order valence-electron chi connectivity index (χ2n) is 6.44. The molecule has 0 aromatic heterocycles. The molecule has 0 saturated carbocycles. The van der Waals surface area contributed by atoms with E-state index in [1.165, 1.54) is 6.42 Å². The number of hydrogen-bond donors (Lipinski definition) is 2. The van der Waals surface area contributed by atoms with Gasteiger partial charge in [0.15, 0.2) is 0 Å². The minimum absolute atomic E-state index is 0.381. The summed E-state index contributed by atoms with van der Waals surface area (Å²) in [5.74, 6) is 0. The van der Waals surface area contributed by atoms with Gasteiger partial charge in [-0.15, -0.1) is 0 Å². The zero-order valence-corrected chi connectivity index (χ0v) is 10.4. The van der Waals surface area contributed by atoms with Crippen LogP contribution in [-0.4, -0.2) is 25.7 Å². The zero-order chi connectivity index (χ0) is 10.8. The molecule has 1 heterocycles. The first-order valence-electron chi connectivity index (χ1n) is 5.75. The van der Waals surface area contributed by atoms with Crippen LogP contribution in [0.2, 0.25) is 0 Å². The summed E-state index contributed by atoms with van der Waals surface area (Å²) in [4.78, 5) is 0. The Morgan fingerprint density at radius 1 is 1.07 bits per heavy atom. The molecule has 0 spiro atoms. The lowest BCUT2D eigenvalue weighted by Crippen LogP contribution is -2.55. The third-order valence-corrected chi connectivity index (χ3v) is 2.97. The van der Waals surface area contributed by atoms with Gasteiger partial charge in [-0.25, -0.2) is 0 Å². The van der Waals surface area contributed by atoms with Crippen molar-refractivity contribution < 1.29 is 0 Å². The van der Waals surface area contributed by atoms with Crippen LogP contribution >= 0.6 is 0 Å². The first-order valence-corrected chi connectivity index (χ1v) is 5.75. The maximum Gasteiger partial charge on any atom is 0.0244 e. The molecule has 2 heteroatoms. The molecule has 14 heavy (non-hydrogen) atoms. The van der Waals surface area contributed by atoms with E-state index in [-0.39, 0.29) is 0 Å². The lowest BCUT2D eigenvalue weighted by Gasteiger charge is -2.41. The third kappa shape index (κ3) is 3.58. The Balaban J connectivity index is 2.54. The summed E-state index contributed by atoms with van der Waals surface area (Å²) in [5.41, 5.74) is 0.800. The molecule has 1 rings (SSSR count). The second kappa shape index (κ2) is 4.19. The average molecular weight is 198 g/mol. The summed E-state index contributed by atoms with van der Waals surface area (Å²) < 4.78 is 0. The van der Waals surface area contributed by atoms with E-state index < -0.39 is 0 Å². The van der Waals surface area contributed by atoms with Gasteiger partial charge in [-0.1, -0.05) is 34.6 Å². The highest BCUT2D eigenvalue weighted by Crippen LogP contribution is 2.35. The zero-order valence-electron chi connectivity index (χ0n) is 10.4. The van der Waals surface area contributed by atoms with E-state index in [0.29, 0.717) is 16.9 Å². The topological polar surface area (TPSA) is 24.1 Å². The van der Waals surface area contributed by atoms with E-state index in [2.05, 4.69) is 45.3 Å². The van der Waals surface area contributed by atoms with Gasteiger partial charge in [-0.05, 0) is 17.3 Å². The van der Waals surface area contributed by atoms with E-state index in [4.69, 9.17) is 0 Å². The van der Waals surface area contributed by atoms with Crippen LogP contribution in [0.25, 0.3) is 0 Å². The molecule has 0 aromatic rings. The molecular formula is C12H26N2. The predicted octanol–water partition coefficient (Wildman–Crippen LogP) is 2.01. The van der Waals surface area contributed by atoms with Crippen molar-refractivity contribution in [2.45, 2.75) is 47.1 Å². The Morgan fingerprint density at radius 2 is 1.71 bits per heavy atom. The highest BCUT2D eigenvalue weighted by molar-refractivity contribution is 4.90. The molecule has 1 aliphatic heterocycles. The molecule has 0 aliphatic carbocycles. The minimum atomic E-state index is 0.381. The molecule has 2 nitrogen and oxygen atoms in total. The summed E-state index contributed by atoms with van der Waals surface area (Å²) in [5, 5.41) is 7.08. The largest absolute Gasteiger partial charge is 0.314 e. The van der Waals surface area contributed by atoms with Gasteiger partial charge in [-0.3, -0.25) is 0 Å². The van der Waals surface area contributed by atoms with E-state index in [9.17, 15) is 0 Å². The Bertz CT molecular complexity index is 173. The summed E-state index contributed by atoms with van der Waals surface area (Å²) in [6.07, 6.45) is 1.26. The van der Waals surface area contributed by atoms with Gasteiger partial charge in [0.2, 0.25) is 0 Å². The lowest BCUT2D eigenvalue weighted by atomic mass is 9.71. The van der Waals surface area contributed by atoms with E-state index in [1.54, 1.807) is 0 Å². The minimum Gasteiger partial charge on any atom is -0.314 e. The highest BCUT2D eigenvalue weighted by atomic mass is 15.1. The lowest BCUT2D eigenvalue weighted by molar-refractivity contribution is 0.141. The van der Waals surface area contributed by atoms with Gasteiger partial charge in [-0.2, -0.15) is 0 Å². The van der Waals surface area contributed by atoms with Crippen molar-refractivity contribution in [1.82, 2.24) is 10.6 Å². The van der Waals surface area contributed by atoms with Crippen LogP contribution in [0.4, 0.5) is 0 Å². The first-order chi connectivity index (χ1) is 6.31. The number of hydrogen-bond acceptors (Lipinski definition) is 2. The van der Waals surface area contributed by atoms with Crippen LogP contribution in [0, 0.1) is 10.8 Å². The van der Waals surface area contributed by atoms with Crippen molar-refractivity contribution in [3.8, 4) is 0 Å². The van der Waals surface area contributed by atoms with Crippen molar-refractivity contribution in [2.24, 2.45) is 10.8 Å². The van der Waals surface area contributed by atoms with Crippen LogP contribution < -0.4 is 10.6 Å². The third-order valence-electron chi connectivity index (χ3n) is 2.97. The quantitative estimate of drug-likeness (QED) is 0.709. The van der Waals surface area contributed by atoms with Crippen molar-refractivity contribution in [2.75, 3.05) is 19.6 Å². The molecule has 0 aromatic carbocycles. The van der Waals surface area contributed by atoms with Gasteiger partial charge >= 0.3 is 0 Å². The number of rotatable bonds is 2. The van der Waals surface area contributed by atoms with Gasteiger partial charge < -0.3 is 10.6 Å². The molecule has 0 amide bonds. The molecule has 84 valence electrons. The number of nitrogens with one attached hydrogen (secondary N) is 2. The summed E-state index contributed by atoms with van der Waals surface area (Å²) in [7, 11) is 0. The molecule has 1 atom stereocenters. The van der Waals surface area contributed by atoms with Crippen LogP contribution in [0.15, 0.2) is 0 Å². The molecule has 0 bridgehead atoms. The average Bonchev–Trinajstić information content (AvgIpc) is 2.01. The van der Waals surface area contributed by atoms with Gasteiger partial charge in [0.25, 0.3) is 0 Å². The van der Waals surface area contributed by atoms with E-state index in [1.807, 2.05) is 0 Å². The fourth-order valence-electron chi connectivity index (χ4n) is 2.70. The summed E-state index contributed by atoms with van der Waals surface area (Å²) in [6, 6.07) is 0.621. The van der Waals surface area contributed by atoms with Crippen LogP contribution in [0.3, 0.4) is 0 Å². The van der Waals surface area contributed by atoms with Crippen LogP contribution in [0.1, 0.15) is 41.0 Å². The fourth-order valence-corrected chi connectivity index (χ4v) is 2.70. The highest BCUT2D eigenvalue weighted by Gasteiger charge is 2.33. The van der Waals surface area contributed by atoms with Crippen molar-refractivity contribution >= 4 is 0 Å². The first kappa shape index (κ1) is 12.0. The van der Waals surface area contributed by atoms with Gasteiger partial charge in [0.05, 0.1) is 0 Å².